The van der Waals surface area contributed by atoms with Crippen LogP contribution in [0.5, 0.6) is 0 Å². The first-order valence-corrected chi connectivity index (χ1v) is 3.67. The van der Waals surface area contributed by atoms with Crippen LogP contribution in [0.25, 0.3) is 0 Å². The van der Waals surface area contributed by atoms with Crippen LogP contribution in [-0.4, -0.2) is 28.3 Å². The molecule has 0 spiro atoms. The first kappa shape index (κ1) is 18.2. The van der Waals surface area contributed by atoms with E-state index in [1.807, 2.05) is 0 Å². The van der Waals surface area contributed by atoms with Crippen molar-refractivity contribution in [2.75, 3.05) is 0 Å². The van der Waals surface area contributed by atoms with Crippen molar-refractivity contribution in [2.45, 2.75) is 32.9 Å². The van der Waals surface area contributed by atoms with Crippen molar-refractivity contribution in [3.8, 4) is 12.1 Å². The molecule has 0 aromatic rings. The highest BCUT2D eigenvalue weighted by atomic mass is 16.4. The second-order valence-electron chi connectivity index (χ2n) is 2.05. The molecule has 0 saturated carbocycles. The normalized spacial score (nSPS) is 11.1. The smallest absolute Gasteiger partial charge is 0.323 e. The molecule has 2 unspecified atom stereocenters. The van der Waals surface area contributed by atoms with Gasteiger partial charge in [-0.2, -0.15) is 10.5 Å². The SMILES string of the molecule is CC#N.CC#N.CC(O)C(N)C(=O)O. The van der Waals surface area contributed by atoms with Gasteiger partial charge in [0.05, 0.1) is 18.2 Å². The van der Waals surface area contributed by atoms with Gasteiger partial charge in [-0.25, -0.2) is 0 Å². The minimum absolute atomic E-state index is 0.979. The van der Waals surface area contributed by atoms with Crippen molar-refractivity contribution in [1.82, 2.24) is 0 Å². The molecule has 80 valence electrons. The van der Waals surface area contributed by atoms with Gasteiger partial charge >= 0.3 is 5.97 Å². The summed E-state index contributed by atoms with van der Waals surface area (Å²) in [5.41, 5.74) is 4.91. The van der Waals surface area contributed by atoms with Crippen molar-refractivity contribution in [3.63, 3.8) is 0 Å². The van der Waals surface area contributed by atoms with Crippen LogP contribution in [0.2, 0.25) is 0 Å². The Hall–Kier alpha value is -1.63. The van der Waals surface area contributed by atoms with Crippen LogP contribution < -0.4 is 5.73 Å². The molecule has 0 amide bonds. The van der Waals surface area contributed by atoms with E-state index in [0.29, 0.717) is 0 Å². The average molecular weight is 201 g/mol. The minimum Gasteiger partial charge on any atom is -0.480 e. The van der Waals surface area contributed by atoms with Gasteiger partial charge in [-0.05, 0) is 6.92 Å². The summed E-state index contributed by atoms with van der Waals surface area (Å²) >= 11 is 0. The monoisotopic (exact) mass is 201 g/mol. The standard InChI is InChI=1S/C4H9NO3.2C2H3N/c1-2(6)3(5)4(7)8;2*1-2-3/h2-3,6H,5H2,1H3,(H,7,8);2*1H3. The van der Waals surface area contributed by atoms with E-state index in [0.717, 1.165) is 0 Å². The summed E-state index contributed by atoms with van der Waals surface area (Å²) in [5.74, 6) is -1.18. The van der Waals surface area contributed by atoms with E-state index in [9.17, 15) is 4.79 Å². The van der Waals surface area contributed by atoms with Crippen molar-refractivity contribution in [2.24, 2.45) is 5.73 Å². The molecule has 0 aliphatic carbocycles. The summed E-state index contributed by atoms with van der Waals surface area (Å²) in [6.07, 6.45) is -0.979. The van der Waals surface area contributed by atoms with Crippen molar-refractivity contribution >= 4 is 5.97 Å². The first-order chi connectivity index (χ1) is 6.38. The third-order valence-electron chi connectivity index (χ3n) is 0.805. The highest BCUT2D eigenvalue weighted by Crippen LogP contribution is 1.85. The molecule has 0 heterocycles. The van der Waals surface area contributed by atoms with Crippen LogP contribution >= 0.6 is 0 Å². The topological polar surface area (TPSA) is 131 Å². The number of rotatable bonds is 2. The Bertz CT molecular complexity index is 203. The molecule has 0 aromatic heterocycles. The molecule has 0 bridgehead atoms. The van der Waals surface area contributed by atoms with E-state index in [1.165, 1.54) is 20.8 Å². The Morgan fingerprint density at radius 2 is 1.57 bits per heavy atom. The second kappa shape index (κ2) is 13.9. The lowest BCUT2D eigenvalue weighted by Crippen LogP contribution is -2.39. The van der Waals surface area contributed by atoms with Gasteiger partial charge in [-0.1, -0.05) is 0 Å². The number of hydrogen-bond donors (Lipinski definition) is 3. The summed E-state index contributed by atoms with van der Waals surface area (Å²) in [6, 6.07) is 2.34. The van der Waals surface area contributed by atoms with Gasteiger partial charge in [-0.15, -0.1) is 0 Å². The van der Waals surface area contributed by atoms with E-state index in [1.54, 1.807) is 12.1 Å². The molecule has 4 N–H and O–H groups in total. The fraction of sp³-hybridized carbons (Fsp3) is 0.625. The predicted octanol–water partition coefficient (Wildman–Crippen LogP) is -0.161. The molecule has 0 radical (unpaired) electrons. The number of aliphatic hydroxyl groups excluding tert-OH is 1. The van der Waals surface area contributed by atoms with Crippen molar-refractivity contribution in [1.29, 1.82) is 10.5 Å². The van der Waals surface area contributed by atoms with Crippen molar-refractivity contribution < 1.29 is 15.0 Å². The number of aliphatic carboxylic acids is 1. The minimum atomic E-state index is -1.18. The molecule has 0 aromatic carbocycles. The van der Waals surface area contributed by atoms with E-state index in [-0.39, 0.29) is 0 Å². The van der Waals surface area contributed by atoms with Gasteiger partial charge in [0.15, 0.2) is 0 Å². The second-order valence-corrected chi connectivity index (χ2v) is 2.05. The maximum Gasteiger partial charge on any atom is 0.323 e. The largest absolute Gasteiger partial charge is 0.480 e. The van der Waals surface area contributed by atoms with Crippen molar-refractivity contribution in [3.05, 3.63) is 0 Å². The third kappa shape index (κ3) is 22.4. The lowest BCUT2D eigenvalue weighted by atomic mass is 10.2. The average Bonchev–Trinajstić information content (AvgIpc) is 2.05. The number of nitrogens with two attached hydrogens (primary N) is 1. The Balaban J connectivity index is -0.000000168. The molecule has 0 saturated heterocycles. The highest BCUT2D eigenvalue weighted by molar-refractivity contribution is 5.73. The van der Waals surface area contributed by atoms with Gasteiger partial charge in [0.1, 0.15) is 6.04 Å². The Labute approximate surface area is 83.2 Å². The zero-order chi connectivity index (χ0) is 12.1. The van der Waals surface area contributed by atoms with E-state index in [2.05, 4.69) is 0 Å². The molecule has 6 heteroatoms. The summed E-state index contributed by atoms with van der Waals surface area (Å²) in [6.45, 7) is 4.19. The number of hydrogen-bond acceptors (Lipinski definition) is 5. The Kier molecular flexibility index (Phi) is 18.1. The first-order valence-electron chi connectivity index (χ1n) is 3.67. The van der Waals surface area contributed by atoms with Gasteiger partial charge in [0.2, 0.25) is 0 Å². The predicted molar refractivity (Wildman–Crippen MR) is 49.9 cm³/mol. The van der Waals surface area contributed by atoms with Crippen LogP contribution in [0.3, 0.4) is 0 Å². The summed E-state index contributed by atoms with van der Waals surface area (Å²) < 4.78 is 0. The molecule has 0 aliphatic heterocycles. The molecule has 0 aliphatic rings. The molecule has 0 fully saturated rings. The zero-order valence-corrected chi connectivity index (χ0v) is 8.43. The number of carbonyl (C=O) groups is 1. The lowest BCUT2D eigenvalue weighted by molar-refractivity contribution is -0.140. The fourth-order valence-corrected chi connectivity index (χ4v) is 0.206. The number of carboxylic acid groups (broad SMARTS) is 1. The molecule has 0 rings (SSSR count). The third-order valence-corrected chi connectivity index (χ3v) is 0.805. The Morgan fingerprint density at radius 3 is 1.57 bits per heavy atom. The summed E-state index contributed by atoms with van der Waals surface area (Å²) in [4.78, 5) is 9.86. The number of nitrogens with zero attached hydrogens (tertiary/aromatic N) is 2. The van der Waals surface area contributed by atoms with E-state index >= 15 is 0 Å². The van der Waals surface area contributed by atoms with Gasteiger partial charge in [-0.3, -0.25) is 4.79 Å². The van der Waals surface area contributed by atoms with Gasteiger partial charge < -0.3 is 15.9 Å². The molecule has 2 atom stereocenters. The lowest BCUT2D eigenvalue weighted by Gasteiger charge is -2.06. The number of aliphatic hydroxyl groups is 1. The zero-order valence-electron chi connectivity index (χ0n) is 8.43. The van der Waals surface area contributed by atoms with Crippen LogP contribution in [-0.2, 0) is 4.79 Å². The molecular formula is C8H15N3O3. The maximum absolute atomic E-state index is 9.86. The molecule has 6 nitrogen and oxygen atoms in total. The van der Waals surface area contributed by atoms with Crippen LogP contribution in [0.15, 0.2) is 0 Å². The van der Waals surface area contributed by atoms with Crippen LogP contribution in [0, 0.1) is 22.7 Å². The van der Waals surface area contributed by atoms with Crippen LogP contribution in [0.4, 0.5) is 0 Å². The fourth-order valence-electron chi connectivity index (χ4n) is 0.206. The molecule has 14 heavy (non-hydrogen) atoms. The highest BCUT2D eigenvalue weighted by Gasteiger charge is 2.16. The number of carboxylic acids is 1. The van der Waals surface area contributed by atoms with Gasteiger partial charge in [0.25, 0.3) is 0 Å². The van der Waals surface area contributed by atoms with Crippen LogP contribution in [0.1, 0.15) is 20.8 Å². The maximum atomic E-state index is 9.86. The molecular weight excluding hydrogens is 186 g/mol. The quantitative estimate of drug-likeness (QED) is 0.568. The van der Waals surface area contributed by atoms with Gasteiger partial charge in [0, 0.05) is 13.8 Å². The van der Waals surface area contributed by atoms with E-state index in [4.69, 9.17) is 26.5 Å². The number of nitriles is 2. The summed E-state index contributed by atoms with van der Waals surface area (Å²) in [7, 11) is 0. The summed E-state index contributed by atoms with van der Waals surface area (Å²) in [5, 5.41) is 31.2. The Morgan fingerprint density at radius 1 is 1.36 bits per heavy atom. The van der Waals surface area contributed by atoms with E-state index < -0.39 is 18.1 Å².